The molecule has 0 saturated carbocycles. The van der Waals surface area contributed by atoms with Crippen LogP contribution in [0.25, 0.3) is 0 Å². The summed E-state index contributed by atoms with van der Waals surface area (Å²) >= 11 is 0. The Morgan fingerprint density at radius 1 is 1.42 bits per heavy atom. The molecule has 1 aromatic carbocycles. The van der Waals surface area contributed by atoms with E-state index in [2.05, 4.69) is 0 Å². The number of rotatable bonds is 3. The minimum atomic E-state index is -1.80. The van der Waals surface area contributed by atoms with Crippen LogP contribution in [0.3, 0.4) is 0 Å². The van der Waals surface area contributed by atoms with Gasteiger partial charge >= 0.3 is 0 Å². The first kappa shape index (κ1) is 8.87. The lowest BCUT2D eigenvalue weighted by Crippen LogP contribution is -2.19. The van der Waals surface area contributed by atoms with Crippen LogP contribution < -0.4 is 0 Å². The summed E-state index contributed by atoms with van der Waals surface area (Å²) in [5.41, 5.74) is 0.291. The minimum absolute atomic E-state index is 0.291. The van der Waals surface area contributed by atoms with Gasteiger partial charge in [0.2, 0.25) is 0 Å². The maximum absolute atomic E-state index is 12.6. The average Bonchev–Trinajstić information content (AvgIpc) is 2.17. The summed E-state index contributed by atoms with van der Waals surface area (Å²) in [6.45, 7) is -0.756. The second kappa shape index (κ2) is 3.97. The molecular formula is C9H9FO2. The number of benzene rings is 1. The van der Waals surface area contributed by atoms with Crippen molar-refractivity contribution in [3.63, 3.8) is 0 Å². The van der Waals surface area contributed by atoms with Crippen molar-refractivity contribution >= 4 is 5.78 Å². The Kier molecular flexibility index (Phi) is 2.94. The lowest BCUT2D eigenvalue weighted by atomic mass is 10.1. The van der Waals surface area contributed by atoms with E-state index < -0.39 is 18.6 Å². The highest BCUT2D eigenvalue weighted by atomic mass is 19.1. The van der Waals surface area contributed by atoms with E-state index in [1.807, 2.05) is 0 Å². The molecule has 64 valence electrons. The molecule has 1 N–H and O–H groups in total. The quantitative estimate of drug-likeness (QED) is 0.688. The SMILES string of the molecule is O=C(c1ccccc1)C(F)CO. The second-order valence-corrected chi connectivity index (χ2v) is 2.38. The summed E-state index contributed by atoms with van der Waals surface area (Å²) < 4.78 is 12.6. The number of aliphatic hydroxyl groups is 1. The molecule has 1 unspecified atom stereocenters. The number of alkyl halides is 1. The topological polar surface area (TPSA) is 37.3 Å². The molecule has 0 bridgehead atoms. The van der Waals surface area contributed by atoms with Crippen molar-refractivity contribution in [2.75, 3.05) is 6.61 Å². The summed E-state index contributed by atoms with van der Waals surface area (Å²) in [6.07, 6.45) is -1.80. The van der Waals surface area contributed by atoms with E-state index in [0.29, 0.717) is 5.56 Å². The highest BCUT2D eigenvalue weighted by Gasteiger charge is 2.16. The van der Waals surface area contributed by atoms with Crippen LogP contribution in [-0.2, 0) is 0 Å². The normalized spacial score (nSPS) is 12.5. The second-order valence-electron chi connectivity index (χ2n) is 2.38. The molecule has 12 heavy (non-hydrogen) atoms. The Balaban J connectivity index is 2.79. The smallest absolute Gasteiger partial charge is 0.199 e. The van der Waals surface area contributed by atoms with Crippen molar-refractivity contribution in [3.05, 3.63) is 35.9 Å². The fourth-order valence-electron chi connectivity index (χ4n) is 0.866. The van der Waals surface area contributed by atoms with Crippen LogP contribution in [0, 0.1) is 0 Å². The molecule has 0 heterocycles. The highest BCUT2D eigenvalue weighted by Crippen LogP contribution is 2.05. The Bertz CT molecular complexity index is 258. The van der Waals surface area contributed by atoms with Crippen molar-refractivity contribution in [2.45, 2.75) is 6.17 Å². The third kappa shape index (κ3) is 1.89. The molecule has 0 spiro atoms. The maximum Gasteiger partial charge on any atom is 0.199 e. The van der Waals surface area contributed by atoms with Crippen LogP contribution in [0.2, 0.25) is 0 Å². The summed E-state index contributed by atoms with van der Waals surface area (Å²) in [4.78, 5) is 11.0. The zero-order valence-electron chi connectivity index (χ0n) is 6.40. The first-order valence-electron chi connectivity index (χ1n) is 3.60. The Morgan fingerprint density at radius 3 is 2.50 bits per heavy atom. The summed E-state index contributed by atoms with van der Waals surface area (Å²) in [7, 11) is 0. The molecule has 1 rings (SSSR count). The van der Waals surface area contributed by atoms with Crippen LogP contribution in [0.4, 0.5) is 4.39 Å². The Labute approximate surface area is 69.6 Å². The fourth-order valence-corrected chi connectivity index (χ4v) is 0.866. The first-order valence-corrected chi connectivity index (χ1v) is 3.60. The van der Waals surface area contributed by atoms with Crippen LogP contribution in [0.1, 0.15) is 10.4 Å². The number of hydrogen-bond donors (Lipinski definition) is 1. The number of carbonyl (C=O) groups excluding carboxylic acids is 1. The average molecular weight is 168 g/mol. The molecule has 3 heteroatoms. The van der Waals surface area contributed by atoms with Gasteiger partial charge in [-0.25, -0.2) is 4.39 Å². The van der Waals surface area contributed by atoms with Gasteiger partial charge in [-0.05, 0) is 0 Å². The Hall–Kier alpha value is -1.22. The number of Topliss-reactive ketones (excluding diaryl/α,β-unsaturated/α-hetero) is 1. The van der Waals surface area contributed by atoms with Crippen LogP contribution in [0.15, 0.2) is 30.3 Å². The zero-order chi connectivity index (χ0) is 8.97. The van der Waals surface area contributed by atoms with Gasteiger partial charge in [-0.1, -0.05) is 30.3 Å². The number of halogens is 1. The number of ketones is 1. The van der Waals surface area contributed by atoms with Gasteiger partial charge in [0.25, 0.3) is 0 Å². The summed E-state index contributed by atoms with van der Waals surface area (Å²) in [5.74, 6) is -0.668. The van der Waals surface area contributed by atoms with Crippen LogP contribution in [-0.4, -0.2) is 23.7 Å². The van der Waals surface area contributed by atoms with E-state index in [0.717, 1.165) is 0 Å². The van der Waals surface area contributed by atoms with Crippen LogP contribution >= 0.6 is 0 Å². The molecule has 0 saturated heterocycles. The molecule has 0 aliphatic heterocycles. The van der Waals surface area contributed by atoms with Gasteiger partial charge in [0.05, 0.1) is 6.61 Å². The molecular weight excluding hydrogens is 159 g/mol. The van der Waals surface area contributed by atoms with E-state index in [4.69, 9.17) is 5.11 Å². The lowest BCUT2D eigenvalue weighted by Gasteiger charge is -2.02. The minimum Gasteiger partial charge on any atom is -0.393 e. The fraction of sp³-hybridized carbons (Fsp3) is 0.222. The van der Waals surface area contributed by atoms with Crippen molar-refractivity contribution in [1.29, 1.82) is 0 Å². The van der Waals surface area contributed by atoms with Gasteiger partial charge in [-0.2, -0.15) is 0 Å². The van der Waals surface area contributed by atoms with Crippen molar-refractivity contribution in [2.24, 2.45) is 0 Å². The van der Waals surface area contributed by atoms with Gasteiger partial charge in [0.15, 0.2) is 12.0 Å². The predicted molar refractivity (Wildman–Crippen MR) is 42.8 cm³/mol. The van der Waals surface area contributed by atoms with Crippen LogP contribution in [0.5, 0.6) is 0 Å². The molecule has 0 aliphatic carbocycles. The van der Waals surface area contributed by atoms with Crippen molar-refractivity contribution in [1.82, 2.24) is 0 Å². The lowest BCUT2D eigenvalue weighted by molar-refractivity contribution is 0.0796. The highest BCUT2D eigenvalue weighted by molar-refractivity contribution is 5.99. The van der Waals surface area contributed by atoms with E-state index in [9.17, 15) is 9.18 Å². The molecule has 0 radical (unpaired) electrons. The largest absolute Gasteiger partial charge is 0.393 e. The standard InChI is InChI=1S/C9H9FO2/c10-8(6-11)9(12)7-4-2-1-3-5-7/h1-5,8,11H,6H2. The van der Waals surface area contributed by atoms with Crippen molar-refractivity contribution < 1.29 is 14.3 Å². The molecule has 0 amide bonds. The van der Waals surface area contributed by atoms with Gasteiger partial charge in [-0.3, -0.25) is 4.79 Å². The third-order valence-electron chi connectivity index (χ3n) is 1.50. The molecule has 2 nitrogen and oxygen atoms in total. The van der Waals surface area contributed by atoms with Crippen molar-refractivity contribution in [3.8, 4) is 0 Å². The van der Waals surface area contributed by atoms with E-state index in [-0.39, 0.29) is 0 Å². The third-order valence-corrected chi connectivity index (χ3v) is 1.50. The maximum atomic E-state index is 12.6. The predicted octanol–water partition coefficient (Wildman–Crippen LogP) is 1.20. The first-order chi connectivity index (χ1) is 5.75. The Morgan fingerprint density at radius 2 is 2.00 bits per heavy atom. The molecule has 1 aromatic rings. The number of hydrogen-bond acceptors (Lipinski definition) is 2. The molecule has 1 atom stereocenters. The monoisotopic (exact) mass is 168 g/mol. The molecule has 0 aromatic heterocycles. The van der Waals surface area contributed by atoms with Gasteiger partial charge < -0.3 is 5.11 Å². The van der Waals surface area contributed by atoms with Gasteiger partial charge in [0, 0.05) is 5.56 Å². The molecule has 0 fully saturated rings. The van der Waals surface area contributed by atoms with Gasteiger partial charge in [0.1, 0.15) is 0 Å². The van der Waals surface area contributed by atoms with E-state index in [1.165, 1.54) is 12.1 Å². The van der Waals surface area contributed by atoms with E-state index >= 15 is 0 Å². The number of carbonyl (C=O) groups is 1. The molecule has 0 aliphatic rings. The zero-order valence-corrected chi connectivity index (χ0v) is 6.40. The number of aliphatic hydroxyl groups excluding tert-OH is 1. The summed E-state index contributed by atoms with van der Waals surface area (Å²) in [5, 5.41) is 8.37. The van der Waals surface area contributed by atoms with E-state index in [1.54, 1.807) is 18.2 Å². The summed E-state index contributed by atoms with van der Waals surface area (Å²) in [6, 6.07) is 8.08. The van der Waals surface area contributed by atoms with Gasteiger partial charge in [-0.15, -0.1) is 0 Å².